The summed E-state index contributed by atoms with van der Waals surface area (Å²) in [4.78, 5) is 25.5. The van der Waals surface area contributed by atoms with Crippen molar-refractivity contribution >= 4 is 33.4 Å². The van der Waals surface area contributed by atoms with Crippen LogP contribution in [0.2, 0.25) is 5.02 Å². The summed E-state index contributed by atoms with van der Waals surface area (Å²) < 4.78 is 32.7. The Kier molecular flexibility index (Phi) is 7.53. The summed E-state index contributed by atoms with van der Waals surface area (Å²) >= 11 is 5.82. The maximum Gasteiger partial charge on any atom is 0.251 e. The second kappa shape index (κ2) is 10.1. The predicted molar refractivity (Wildman–Crippen MR) is 117 cm³/mol. The highest BCUT2D eigenvalue weighted by atomic mass is 35.5. The van der Waals surface area contributed by atoms with E-state index in [-0.39, 0.29) is 42.6 Å². The van der Waals surface area contributed by atoms with E-state index in [0.717, 1.165) is 0 Å². The van der Waals surface area contributed by atoms with Crippen LogP contribution in [-0.2, 0) is 14.8 Å². The average Bonchev–Trinajstić information content (AvgIpc) is 2.78. The van der Waals surface area contributed by atoms with Crippen molar-refractivity contribution < 1.29 is 22.7 Å². The van der Waals surface area contributed by atoms with Gasteiger partial charge in [0.1, 0.15) is 12.4 Å². The highest BCUT2D eigenvalue weighted by molar-refractivity contribution is 7.89. The van der Waals surface area contributed by atoms with Crippen molar-refractivity contribution in [1.29, 1.82) is 0 Å². The van der Waals surface area contributed by atoms with Crippen molar-refractivity contribution in [2.24, 2.45) is 0 Å². The Morgan fingerprint density at radius 1 is 1.06 bits per heavy atom. The lowest BCUT2D eigenvalue weighted by atomic mass is 10.2. The molecule has 0 unspecified atom stereocenters. The summed E-state index contributed by atoms with van der Waals surface area (Å²) in [6, 6.07) is 12.8. The smallest absolute Gasteiger partial charge is 0.251 e. The number of halogens is 1. The van der Waals surface area contributed by atoms with E-state index in [1.54, 1.807) is 35.2 Å². The average molecular weight is 466 g/mol. The van der Waals surface area contributed by atoms with Gasteiger partial charge >= 0.3 is 0 Å². The molecule has 0 atom stereocenters. The van der Waals surface area contributed by atoms with Gasteiger partial charge < -0.3 is 15.0 Å². The number of carbonyl (C=O) groups excluding carboxylic acids is 2. The first-order valence-electron chi connectivity index (χ1n) is 9.79. The maximum atomic E-state index is 12.9. The van der Waals surface area contributed by atoms with Gasteiger partial charge in [0.2, 0.25) is 15.9 Å². The Bertz CT molecular complexity index is 1040. The molecule has 0 spiro atoms. The lowest BCUT2D eigenvalue weighted by Gasteiger charge is -2.33. The van der Waals surface area contributed by atoms with E-state index in [1.165, 1.54) is 29.4 Å². The molecule has 0 bridgehead atoms. The first-order chi connectivity index (χ1) is 14.8. The second-order valence-electron chi connectivity index (χ2n) is 7.00. The lowest BCUT2D eigenvalue weighted by molar-refractivity contribution is -0.129. The lowest BCUT2D eigenvalue weighted by Crippen LogP contribution is -2.49. The summed E-state index contributed by atoms with van der Waals surface area (Å²) in [6.07, 6.45) is 0. The van der Waals surface area contributed by atoms with E-state index in [4.69, 9.17) is 16.3 Å². The molecule has 0 aromatic heterocycles. The molecule has 1 aliphatic rings. The number of carbonyl (C=O) groups is 2. The maximum absolute atomic E-state index is 12.9. The van der Waals surface area contributed by atoms with Gasteiger partial charge in [0.25, 0.3) is 5.91 Å². The molecule has 0 radical (unpaired) electrons. The SMILES string of the molecule is CC(=O)N1CCN(S(=O)(=O)c2cccc(C(=O)NCCOc3ccc(Cl)cc3)c2)CC1. The summed E-state index contributed by atoms with van der Waals surface area (Å²) in [5.74, 6) is 0.172. The summed E-state index contributed by atoms with van der Waals surface area (Å²) in [6.45, 7) is 3.12. The van der Waals surface area contributed by atoms with Crippen LogP contribution in [0.1, 0.15) is 17.3 Å². The molecule has 1 saturated heterocycles. The van der Waals surface area contributed by atoms with Crippen LogP contribution in [0.5, 0.6) is 5.75 Å². The van der Waals surface area contributed by atoms with Crippen molar-refractivity contribution in [1.82, 2.24) is 14.5 Å². The molecule has 2 amide bonds. The number of ether oxygens (including phenoxy) is 1. The van der Waals surface area contributed by atoms with Crippen LogP contribution >= 0.6 is 11.6 Å². The van der Waals surface area contributed by atoms with Crippen LogP contribution in [-0.4, -0.2) is 68.8 Å². The van der Waals surface area contributed by atoms with Crippen LogP contribution in [0.25, 0.3) is 0 Å². The van der Waals surface area contributed by atoms with Gasteiger partial charge in [-0.25, -0.2) is 8.42 Å². The van der Waals surface area contributed by atoms with Gasteiger partial charge in [0.05, 0.1) is 11.4 Å². The fourth-order valence-electron chi connectivity index (χ4n) is 3.16. The molecule has 1 N–H and O–H groups in total. The van der Waals surface area contributed by atoms with Gasteiger partial charge in [0.15, 0.2) is 0 Å². The molecule has 0 saturated carbocycles. The van der Waals surface area contributed by atoms with Gasteiger partial charge in [-0.1, -0.05) is 17.7 Å². The zero-order chi connectivity index (χ0) is 22.4. The largest absolute Gasteiger partial charge is 0.492 e. The zero-order valence-electron chi connectivity index (χ0n) is 17.1. The van der Waals surface area contributed by atoms with Crippen molar-refractivity contribution in [2.45, 2.75) is 11.8 Å². The van der Waals surface area contributed by atoms with Crippen LogP contribution in [0.3, 0.4) is 0 Å². The number of rotatable bonds is 7. The number of hydrogen-bond acceptors (Lipinski definition) is 5. The van der Waals surface area contributed by atoms with Crippen LogP contribution in [0.15, 0.2) is 53.4 Å². The number of nitrogens with one attached hydrogen (secondary N) is 1. The minimum absolute atomic E-state index is 0.0499. The van der Waals surface area contributed by atoms with Crippen molar-refractivity contribution in [3.63, 3.8) is 0 Å². The summed E-state index contributed by atoms with van der Waals surface area (Å²) in [7, 11) is -3.75. The Labute approximate surface area is 186 Å². The number of sulfonamides is 1. The Balaban J connectivity index is 1.56. The summed E-state index contributed by atoms with van der Waals surface area (Å²) in [5, 5.41) is 3.32. The number of benzene rings is 2. The van der Waals surface area contributed by atoms with E-state index in [9.17, 15) is 18.0 Å². The standard InChI is InChI=1S/C21H24ClN3O5S/c1-16(26)24-10-12-25(13-11-24)31(28,29)20-4-2-3-17(15-20)21(27)23-9-14-30-19-7-5-18(22)6-8-19/h2-8,15H,9-14H2,1H3,(H,23,27). The van der Waals surface area contributed by atoms with Gasteiger partial charge in [-0.2, -0.15) is 4.31 Å². The monoisotopic (exact) mass is 465 g/mol. The predicted octanol–water partition coefficient (Wildman–Crippen LogP) is 2.00. The van der Waals surface area contributed by atoms with Gasteiger partial charge in [-0.15, -0.1) is 0 Å². The Morgan fingerprint density at radius 3 is 2.39 bits per heavy atom. The molecule has 2 aromatic rings. The van der Waals surface area contributed by atoms with Gasteiger partial charge in [-0.05, 0) is 42.5 Å². The third kappa shape index (κ3) is 5.96. The third-order valence-corrected chi connectivity index (χ3v) is 7.03. The minimum atomic E-state index is -3.75. The molecular weight excluding hydrogens is 442 g/mol. The van der Waals surface area contributed by atoms with Crippen molar-refractivity contribution in [3.8, 4) is 5.75 Å². The molecule has 1 fully saturated rings. The van der Waals surface area contributed by atoms with E-state index < -0.39 is 15.9 Å². The topological polar surface area (TPSA) is 96.0 Å². The number of hydrogen-bond donors (Lipinski definition) is 1. The second-order valence-corrected chi connectivity index (χ2v) is 9.37. The zero-order valence-corrected chi connectivity index (χ0v) is 18.7. The Hall–Kier alpha value is -2.62. The quantitative estimate of drug-likeness (QED) is 0.631. The molecule has 8 nitrogen and oxygen atoms in total. The highest BCUT2D eigenvalue weighted by Gasteiger charge is 2.29. The van der Waals surface area contributed by atoms with Gasteiger partial charge in [0, 0.05) is 43.7 Å². The minimum Gasteiger partial charge on any atom is -0.492 e. The number of piperazine rings is 1. The first kappa shape index (κ1) is 23.1. The van der Waals surface area contributed by atoms with E-state index in [1.807, 2.05) is 0 Å². The Morgan fingerprint density at radius 2 is 1.74 bits per heavy atom. The van der Waals surface area contributed by atoms with E-state index in [2.05, 4.69) is 5.32 Å². The highest BCUT2D eigenvalue weighted by Crippen LogP contribution is 2.19. The molecular formula is C21H24ClN3O5S. The molecule has 31 heavy (non-hydrogen) atoms. The van der Waals surface area contributed by atoms with Crippen LogP contribution in [0.4, 0.5) is 0 Å². The van der Waals surface area contributed by atoms with Crippen molar-refractivity contribution in [3.05, 3.63) is 59.1 Å². The normalized spacial score (nSPS) is 14.8. The van der Waals surface area contributed by atoms with Crippen molar-refractivity contribution in [2.75, 3.05) is 39.3 Å². The molecule has 1 heterocycles. The summed E-state index contributed by atoms with van der Waals surface area (Å²) in [5.41, 5.74) is 0.245. The fraction of sp³-hybridized carbons (Fsp3) is 0.333. The molecule has 10 heteroatoms. The molecule has 1 aliphatic heterocycles. The molecule has 2 aromatic carbocycles. The van der Waals surface area contributed by atoms with Gasteiger partial charge in [-0.3, -0.25) is 9.59 Å². The van der Waals surface area contributed by atoms with Crippen LogP contribution < -0.4 is 10.1 Å². The molecule has 166 valence electrons. The fourth-order valence-corrected chi connectivity index (χ4v) is 4.75. The third-order valence-electron chi connectivity index (χ3n) is 4.89. The molecule has 3 rings (SSSR count). The number of amides is 2. The van der Waals surface area contributed by atoms with E-state index in [0.29, 0.717) is 23.9 Å². The van der Waals surface area contributed by atoms with Crippen LogP contribution in [0, 0.1) is 0 Å². The molecule has 0 aliphatic carbocycles. The number of nitrogens with zero attached hydrogens (tertiary/aromatic N) is 2. The first-order valence-corrected chi connectivity index (χ1v) is 11.6. The van der Waals surface area contributed by atoms with E-state index >= 15 is 0 Å².